The van der Waals surface area contributed by atoms with Gasteiger partial charge in [-0.2, -0.15) is 0 Å². The Morgan fingerprint density at radius 3 is 2.62 bits per heavy atom. The molecule has 158 valence electrons. The lowest BCUT2D eigenvalue weighted by Crippen LogP contribution is -2.28. The van der Waals surface area contributed by atoms with Crippen molar-refractivity contribution >= 4 is 18.3 Å². The Hall–Kier alpha value is -2.24. The average molecular weight is 419 g/mol. The van der Waals surface area contributed by atoms with Crippen molar-refractivity contribution in [2.45, 2.75) is 39.3 Å². The number of aryl methyl sites for hydroxylation is 1. The Bertz CT molecular complexity index is 780. The van der Waals surface area contributed by atoms with Crippen LogP contribution in [0.15, 0.2) is 42.5 Å². The molecule has 2 aromatic rings. The molecular weight excluding hydrogens is 388 g/mol. The minimum absolute atomic E-state index is 0. The van der Waals surface area contributed by atoms with Crippen LogP contribution in [-0.2, 0) is 17.9 Å². The molecule has 2 aromatic carbocycles. The monoisotopic (exact) mass is 418 g/mol. The highest BCUT2D eigenvalue weighted by Gasteiger charge is 2.19. The first-order valence-electron chi connectivity index (χ1n) is 10.00. The third kappa shape index (κ3) is 6.65. The van der Waals surface area contributed by atoms with Gasteiger partial charge in [-0.25, -0.2) is 0 Å². The highest BCUT2D eigenvalue weighted by molar-refractivity contribution is 5.85. The summed E-state index contributed by atoms with van der Waals surface area (Å²) in [6, 6.07) is 14.3. The van der Waals surface area contributed by atoms with Crippen LogP contribution < -0.4 is 14.8 Å². The molecule has 0 aromatic heterocycles. The highest BCUT2D eigenvalue weighted by Crippen LogP contribution is 2.31. The summed E-state index contributed by atoms with van der Waals surface area (Å²) >= 11 is 0. The summed E-state index contributed by atoms with van der Waals surface area (Å²) in [5.74, 6) is 1.82. The number of methoxy groups -OCH3 is 1. The van der Waals surface area contributed by atoms with E-state index in [2.05, 4.69) is 42.6 Å². The fraction of sp³-hybridized carbons (Fsp3) is 0.435. The molecule has 1 aliphatic rings. The molecular formula is C23H31ClN2O3. The third-order valence-electron chi connectivity index (χ3n) is 5.05. The van der Waals surface area contributed by atoms with Crippen LogP contribution >= 0.6 is 12.4 Å². The van der Waals surface area contributed by atoms with Crippen LogP contribution in [0.2, 0.25) is 0 Å². The number of hydrogen-bond acceptors (Lipinski definition) is 4. The first kappa shape index (κ1) is 23.0. The first-order valence-corrected chi connectivity index (χ1v) is 10.00. The number of nitrogens with one attached hydrogen (secondary N) is 1. The normalized spacial score (nSPS) is 13.3. The van der Waals surface area contributed by atoms with Crippen LogP contribution in [0.5, 0.6) is 11.5 Å². The van der Waals surface area contributed by atoms with Gasteiger partial charge in [-0.05, 0) is 37.9 Å². The lowest BCUT2D eigenvalue weighted by molar-refractivity contribution is -0.127. The van der Waals surface area contributed by atoms with Crippen molar-refractivity contribution in [2.24, 2.45) is 0 Å². The number of ether oxygens (including phenoxy) is 2. The van der Waals surface area contributed by atoms with E-state index in [1.165, 1.54) is 5.56 Å². The van der Waals surface area contributed by atoms with Gasteiger partial charge in [-0.1, -0.05) is 42.0 Å². The molecule has 1 amide bonds. The first-order chi connectivity index (χ1) is 13.7. The van der Waals surface area contributed by atoms with Gasteiger partial charge in [0.25, 0.3) is 0 Å². The molecule has 1 fully saturated rings. The van der Waals surface area contributed by atoms with Crippen LogP contribution in [0.4, 0.5) is 0 Å². The predicted molar refractivity (Wildman–Crippen MR) is 118 cm³/mol. The quantitative estimate of drug-likeness (QED) is 0.590. The number of amides is 1. The molecule has 0 unspecified atom stereocenters. The lowest BCUT2D eigenvalue weighted by atomic mass is 10.1. The Morgan fingerprint density at radius 2 is 1.93 bits per heavy atom. The molecule has 0 radical (unpaired) electrons. The molecule has 1 N–H and O–H groups in total. The van der Waals surface area contributed by atoms with Crippen molar-refractivity contribution in [3.8, 4) is 11.5 Å². The molecule has 1 saturated heterocycles. The predicted octanol–water partition coefficient (Wildman–Crippen LogP) is 4.11. The second-order valence-electron chi connectivity index (χ2n) is 7.24. The largest absolute Gasteiger partial charge is 0.493 e. The van der Waals surface area contributed by atoms with Gasteiger partial charge in [0.1, 0.15) is 6.61 Å². The van der Waals surface area contributed by atoms with Crippen LogP contribution in [0.1, 0.15) is 36.0 Å². The Kier molecular flexibility index (Phi) is 9.29. The molecule has 1 aliphatic heterocycles. The molecule has 0 spiro atoms. The molecule has 3 rings (SSSR count). The summed E-state index contributed by atoms with van der Waals surface area (Å²) in [5.41, 5.74) is 3.44. The van der Waals surface area contributed by atoms with Crippen molar-refractivity contribution in [1.82, 2.24) is 10.2 Å². The van der Waals surface area contributed by atoms with Crippen LogP contribution in [0.25, 0.3) is 0 Å². The number of likely N-dealkylation sites (tertiary alicyclic amines) is 1. The molecule has 0 atom stereocenters. The van der Waals surface area contributed by atoms with Gasteiger partial charge in [-0.15, -0.1) is 12.4 Å². The minimum atomic E-state index is 0. The van der Waals surface area contributed by atoms with Crippen LogP contribution in [0, 0.1) is 6.92 Å². The summed E-state index contributed by atoms with van der Waals surface area (Å²) in [6.45, 7) is 5.89. The van der Waals surface area contributed by atoms with E-state index in [1.54, 1.807) is 7.11 Å². The maximum atomic E-state index is 11.7. The Labute approximate surface area is 179 Å². The molecule has 1 heterocycles. The van der Waals surface area contributed by atoms with E-state index in [4.69, 9.17) is 9.47 Å². The van der Waals surface area contributed by atoms with Gasteiger partial charge in [-0.3, -0.25) is 4.79 Å². The topological polar surface area (TPSA) is 50.8 Å². The number of hydrogen-bond donors (Lipinski definition) is 1. The van der Waals surface area contributed by atoms with Gasteiger partial charge in [0.05, 0.1) is 7.11 Å². The van der Waals surface area contributed by atoms with Crippen molar-refractivity contribution in [3.63, 3.8) is 0 Å². The van der Waals surface area contributed by atoms with Crippen molar-refractivity contribution < 1.29 is 14.3 Å². The second-order valence-corrected chi connectivity index (χ2v) is 7.24. The van der Waals surface area contributed by atoms with Gasteiger partial charge in [0, 0.05) is 31.6 Å². The van der Waals surface area contributed by atoms with Gasteiger partial charge < -0.3 is 19.7 Å². The number of nitrogens with zero attached hydrogens (tertiary/aromatic N) is 1. The number of para-hydroxylation sites is 1. The molecule has 5 nitrogen and oxygen atoms in total. The Morgan fingerprint density at radius 1 is 1.14 bits per heavy atom. The smallest absolute Gasteiger partial charge is 0.222 e. The van der Waals surface area contributed by atoms with Gasteiger partial charge in [0.2, 0.25) is 5.91 Å². The zero-order valence-electron chi connectivity index (χ0n) is 17.3. The van der Waals surface area contributed by atoms with Crippen molar-refractivity contribution in [3.05, 3.63) is 59.2 Å². The second kappa shape index (κ2) is 11.7. The summed E-state index contributed by atoms with van der Waals surface area (Å²) in [7, 11) is 1.67. The number of halogens is 1. The van der Waals surface area contributed by atoms with Gasteiger partial charge in [0.15, 0.2) is 11.5 Å². The highest BCUT2D eigenvalue weighted by atomic mass is 35.5. The number of benzene rings is 2. The molecule has 0 saturated carbocycles. The Balaban J connectivity index is 0.00000300. The number of carbonyl (C=O) groups is 1. The van der Waals surface area contributed by atoms with Gasteiger partial charge >= 0.3 is 0 Å². The number of rotatable bonds is 10. The van der Waals surface area contributed by atoms with E-state index in [1.807, 2.05) is 17.0 Å². The summed E-state index contributed by atoms with van der Waals surface area (Å²) < 4.78 is 11.6. The SMILES string of the molecule is COc1cccc(CNCCCN2CCCC2=O)c1OCc1ccc(C)cc1.Cl. The zero-order valence-corrected chi connectivity index (χ0v) is 18.1. The standard InChI is InChI=1S/C23H30N2O3.ClH/c1-18-9-11-19(12-10-18)17-28-23-20(6-3-7-21(23)27-2)16-24-13-5-15-25-14-4-8-22(25)26;/h3,6-7,9-12,24H,4-5,8,13-17H2,1-2H3;1H. The maximum absolute atomic E-state index is 11.7. The molecule has 6 heteroatoms. The van der Waals surface area contributed by atoms with Crippen LogP contribution in [0.3, 0.4) is 0 Å². The maximum Gasteiger partial charge on any atom is 0.222 e. The number of carbonyl (C=O) groups excluding carboxylic acids is 1. The third-order valence-corrected chi connectivity index (χ3v) is 5.05. The minimum Gasteiger partial charge on any atom is -0.493 e. The zero-order chi connectivity index (χ0) is 19.8. The lowest BCUT2D eigenvalue weighted by Gasteiger charge is -2.17. The van der Waals surface area contributed by atoms with E-state index in [0.29, 0.717) is 25.5 Å². The van der Waals surface area contributed by atoms with Crippen molar-refractivity contribution in [2.75, 3.05) is 26.7 Å². The summed E-state index contributed by atoms with van der Waals surface area (Å²) in [6.07, 6.45) is 2.66. The average Bonchev–Trinajstić information content (AvgIpc) is 3.12. The fourth-order valence-electron chi connectivity index (χ4n) is 3.42. The van der Waals surface area contributed by atoms with Crippen LogP contribution in [-0.4, -0.2) is 37.6 Å². The van der Waals surface area contributed by atoms with E-state index < -0.39 is 0 Å². The van der Waals surface area contributed by atoms with E-state index >= 15 is 0 Å². The van der Waals surface area contributed by atoms with Crippen molar-refractivity contribution in [1.29, 1.82) is 0 Å². The van der Waals surface area contributed by atoms with E-state index in [0.717, 1.165) is 55.1 Å². The summed E-state index contributed by atoms with van der Waals surface area (Å²) in [5, 5.41) is 3.46. The van der Waals surface area contributed by atoms with E-state index in [-0.39, 0.29) is 12.4 Å². The van der Waals surface area contributed by atoms with E-state index in [9.17, 15) is 4.79 Å². The molecule has 0 bridgehead atoms. The summed E-state index contributed by atoms with van der Waals surface area (Å²) in [4.78, 5) is 13.6. The molecule has 0 aliphatic carbocycles. The fourth-order valence-corrected chi connectivity index (χ4v) is 3.42. The molecule has 29 heavy (non-hydrogen) atoms.